The highest BCUT2D eigenvalue weighted by molar-refractivity contribution is 8.02. The Balaban J connectivity index is 1.55. The fourth-order valence-corrected chi connectivity index (χ4v) is 4.28. The molecule has 2 aromatic carbocycles. The summed E-state index contributed by atoms with van der Waals surface area (Å²) in [7, 11) is 0. The normalized spacial score (nSPS) is 11.8. The highest BCUT2D eigenvalue weighted by Gasteiger charge is 2.17. The van der Waals surface area contributed by atoms with Crippen molar-refractivity contribution >= 4 is 57.1 Å². The highest BCUT2D eigenvalue weighted by atomic mass is 35.5. The van der Waals surface area contributed by atoms with Gasteiger partial charge in [0.2, 0.25) is 11.0 Å². The van der Waals surface area contributed by atoms with Crippen molar-refractivity contribution in [3.63, 3.8) is 0 Å². The molecule has 1 unspecified atom stereocenters. The first-order valence-electron chi connectivity index (χ1n) is 8.46. The highest BCUT2D eigenvalue weighted by Crippen LogP contribution is 2.31. The zero-order chi connectivity index (χ0) is 19.2. The average Bonchev–Trinajstić information content (AvgIpc) is 3.11. The maximum Gasteiger partial charge on any atom is 0.237 e. The lowest BCUT2D eigenvalue weighted by Gasteiger charge is -2.10. The fraction of sp³-hybridized carbons (Fsp3) is 0.211. The Morgan fingerprint density at radius 1 is 1.11 bits per heavy atom. The molecule has 0 aliphatic rings. The standard InChI is InChI=1S/C19H19ClN4OS2/c1-3-13-4-8-16(9-5-13)22-18-23-24-19(27-18)26-12(2)17(25)21-15-10-6-14(20)7-11-15/h4-12H,3H2,1-2H3,(H,21,25)(H,22,23). The molecule has 0 aliphatic heterocycles. The van der Waals surface area contributed by atoms with Gasteiger partial charge in [0.1, 0.15) is 0 Å². The van der Waals surface area contributed by atoms with Gasteiger partial charge in [0.15, 0.2) is 4.34 Å². The van der Waals surface area contributed by atoms with E-state index in [4.69, 9.17) is 11.6 Å². The van der Waals surface area contributed by atoms with Crippen LogP contribution in [0.4, 0.5) is 16.5 Å². The number of aromatic nitrogens is 2. The van der Waals surface area contributed by atoms with Crippen molar-refractivity contribution in [2.45, 2.75) is 29.9 Å². The number of hydrogen-bond donors (Lipinski definition) is 2. The van der Waals surface area contributed by atoms with Crippen LogP contribution in [-0.4, -0.2) is 21.4 Å². The summed E-state index contributed by atoms with van der Waals surface area (Å²) in [4.78, 5) is 12.3. The molecular formula is C19H19ClN4OS2. The molecule has 27 heavy (non-hydrogen) atoms. The Labute approximate surface area is 171 Å². The number of carbonyl (C=O) groups excluding carboxylic acids is 1. The van der Waals surface area contributed by atoms with Gasteiger partial charge in [0.25, 0.3) is 0 Å². The van der Waals surface area contributed by atoms with Gasteiger partial charge in [-0.3, -0.25) is 4.79 Å². The van der Waals surface area contributed by atoms with Crippen molar-refractivity contribution in [2.75, 3.05) is 10.6 Å². The summed E-state index contributed by atoms with van der Waals surface area (Å²) < 4.78 is 0.737. The molecule has 1 heterocycles. The molecule has 5 nitrogen and oxygen atoms in total. The number of aryl methyl sites for hydroxylation is 1. The minimum atomic E-state index is -0.301. The third kappa shape index (κ3) is 5.69. The first-order chi connectivity index (χ1) is 13.0. The molecule has 1 aromatic heterocycles. The summed E-state index contributed by atoms with van der Waals surface area (Å²) >= 11 is 8.66. The van der Waals surface area contributed by atoms with Gasteiger partial charge in [-0.1, -0.05) is 53.8 Å². The van der Waals surface area contributed by atoms with Gasteiger partial charge in [-0.05, 0) is 55.3 Å². The lowest BCUT2D eigenvalue weighted by atomic mass is 10.1. The van der Waals surface area contributed by atoms with Crippen molar-refractivity contribution in [3.05, 3.63) is 59.1 Å². The van der Waals surface area contributed by atoms with E-state index in [1.54, 1.807) is 24.3 Å². The van der Waals surface area contributed by atoms with Gasteiger partial charge in [0, 0.05) is 16.4 Å². The van der Waals surface area contributed by atoms with E-state index in [1.165, 1.54) is 28.7 Å². The van der Waals surface area contributed by atoms with Gasteiger partial charge < -0.3 is 10.6 Å². The molecule has 8 heteroatoms. The van der Waals surface area contributed by atoms with Crippen molar-refractivity contribution in [1.29, 1.82) is 0 Å². The topological polar surface area (TPSA) is 66.9 Å². The van der Waals surface area contributed by atoms with E-state index in [9.17, 15) is 4.79 Å². The van der Waals surface area contributed by atoms with E-state index in [0.29, 0.717) is 15.8 Å². The van der Waals surface area contributed by atoms with Crippen molar-refractivity contribution in [3.8, 4) is 0 Å². The van der Waals surface area contributed by atoms with Crippen LogP contribution in [0.15, 0.2) is 52.9 Å². The second-order valence-corrected chi connectivity index (χ2v) is 8.81. The van der Waals surface area contributed by atoms with E-state index in [0.717, 1.165) is 16.4 Å². The number of thioether (sulfide) groups is 1. The summed E-state index contributed by atoms with van der Waals surface area (Å²) in [5.41, 5.74) is 2.97. The number of anilines is 3. The van der Waals surface area contributed by atoms with E-state index < -0.39 is 0 Å². The van der Waals surface area contributed by atoms with Crippen molar-refractivity contribution in [1.82, 2.24) is 10.2 Å². The molecule has 1 amide bonds. The maximum atomic E-state index is 12.3. The Bertz CT molecular complexity index is 897. The third-order valence-corrected chi connectivity index (χ3v) is 6.05. The Morgan fingerprint density at radius 3 is 2.44 bits per heavy atom. The van der Waals surface area contributed by atoms with Gasteiger partial charge in [0.05, 0.1) is 5.25 Å². The molecule has 0 aliphatic carbocycles. The number of amides is 1. The summed E-state index contributed by atoms with van der Waals surface area (Å²) in [6.45, 7) is 3.97. The number of halogens is 1. The van der Waals surface area contributed by atoms with Crippen LogP contribution in [0.5, 0.6) is 0 Å². The first-order valence-corrected chi connectivity index (χ1v) is 10.5. The van der Waals surface area contributed by atoms with Crippen LogP contribution in [-0.2, 0) is 11.2 Å². The maximum absolute atomic E-state index is 12.3. The number of carbonyl (C=O) groups is 1. The van der Waals surface area contributed by atoms with Crippen LogP contribution < -0.4 is 10.6 Å². The summed E-state index contributed by atoms with van der Waals surface area (Å²) in [6.07, 6.45) is 1.01. The smallest absolute Gasteiger partial charge is 0.237 e. The molecule has 0 saturated carbocycles. The molecule has 3 aromatic rings. The Morgan fingerprint density at radius 2 is 1.78 bits per heavy atom. The second-order valence-electron chi connectivity index (χ2n) is 5.80. The van der Waals surface area contributed by atoms with Crippen LogP contribution in [0.3, 0.4) is 0 Å². The molecule has 0 fully saturated rings. The van der Waals surface area contributed by atoms with E-state index in [1.807, 2.05) is 19.1 Å². The zero-order valence-electron chi connectivity index (χ0n) is 14.9. The predicted molar refractivity (Wildman–Crippen MR) is 114 cm³/mol. The Kier molecular flexibility index (Phi) is 6.71. The fourth-order valence-electron chi connectivity index (χ4n) is 2.24. The van der Waals surface area contributed by atoms with Crippen LogP contribution in [0.2, 0.25) is 5.02 Å². The molecule has 0 bridgehead atoms. The summed E-state index contributed by atoms with van der Waals surface area (Å²) in [6, 6.07) is 15.2. The molecular weight excluding hydrogens is 400 g/mol. The largest absolute Gasteiger partial charge is 0.330 e. The van der Waals surface area contributed by atoms with E-state index >= 15 is 0 Å². The SMILES string of the molecule is CCc1ccc(Nc2nnc(SC(C)C(=O)Nc3ccc(Cl)cc3)s2)cc1. The van der Waals surface area contributed by atoms with Crippen molar-refractivity contribution < 1.29 is 4.79 Å². The summed E-state index contributed by atoms with van der Waals surface area (Å²) in [5, 5.41) is 15.5. The number of hydrogen-bond acceptors (Lipinski definition) is 6. The van der Waals surface area contributed by atoms with Gasteiger partial charge in [-0.15, -0.1) is 10.2 Å². The molecule has 3 rings (SSSR count). The van der Waals surface area contributed by atoms with E-state index in [2.05, 4.69) is 39.9 Å². The van der Waals surface area contributed by atoms with Crippen LogP contribution >= 0.6 is 34.7 Å². The number of nitrogens with one attached hydrogen (secondary N) is 2. The number of rotatable bonds is 7. The van der Waals surface area contributed by atoms with Crippen LogP contribution in [0.25, 0.3) is 0 Å². The van der Waals surface area contributed by atoms with Gasteiger partial charge in [-0.2, -0.15) is 0 Å². The lowest BCUT2D eigenvalue weighted by molar-refractivity contribution is -0.115. The minimum Gasteiger partial charge on any atom is -0.330 e. The van der Waals surface area contributed by atoms with Crippen molar-refractivity contribution in [2.24, 2.45) is 0 Å². The molecule has 140 valence electrons. The molecule has 0 saturated heterocycles. The first kappa shape index (κ1) is 19.7. The number of benzene rings is 2. The monoisotopic (exact) mass is 418 g/mol. The van der Waals surface area contributed by atoms with Gasteiger partial charge in [-0.25, -0.2) is 0 Å². The third-order valence-electron chi connectivity index (χ3n) is 3.78. The van der Waals surface area contributed by atoms with E-state index in [-0.39, 0.29) is 11.2 Å². The van der Waals surface area contributed by atoms with Gasteiger partial charge >= 0.3 is 0 Å². The lowest BCUT2D eigenvalue weighted by Crippen LogP contribution is -2.22. The second kappa shape index (κ2) is 9.21. The summed E-state index contributed by atoms with van der Waals surface area (Å²) in [5.74, 6) is -0.0952. The average molecular weight is 419 g/mol. The predicted octanol–water partition coefficient (Wildman–Crippen LogP) is 5.62. The molecule has 1 atom stereocenters. The van der Waals surface area contributed by atoms with Crippen LogP contribution in [0.1, 0.15) is 19.4 Å². The molecule has 0 radical (unpaired) electrons. The minimum absolute atomic E-state index is 0.0952. The number of nitrogens with zero attached hydrogens (tertiary/aromatic N) is 2. The van der Waals surface area contributed by atoms with Crippen LogP contribution in [0, 0.1) is 0 Å². The molecule has 0 spiro atoms. The Hall–Kier alpha value is -2.09. The quantitative estimate of drug-likeness (QED) is 0.487. The molecule has 2 N–H and O–H groups in total. The zero-order valence-corrected chi connectivity index (χ0v) is 17.3.